The van der Waals surface area contributed by atoms with Gasteiger partial charge >= 0.3 is 0 Å². The minimum atomic E-state index is -0.0334. The minimum Gasteiger partial charge on any atom is -0.374 e. The molecule has 1 fully saturated rings. The van der Waals surface area contributed by atoms with Crippen LogP contribution in [0, 0.1) is 0 Å². The van der Waals surface area contributed by atoms with Crippen LogP contribution in [0.15, 0.2) is 0 Å². The minimum absolute atomic E-state index is 0.0334. The van der Waals surface area contributed by atoms with E-state index in [1.54, 1.807) is 0 Å². The number of nitrogens with zero attached hydrogens (tertiary/aromatic N) is 3. The molecule has 16 heavy (non-hydrogen) atoms. The monoisotopic (exact) mass is 240 g/mol. The zero-order valence-corrected chi connectivity index (χ0v) is 10.3. The van der Waals surface area contributed by atoms with Gasteiger partial charge in [0.05, 0.1) is 0 Å². The van der Waals surface area contributed by atoms with Gasteiger partial charge in [-0.3, -0.25) is 4.79 Å². The molecule has 2 rings (SSSR count). The third-order valence-electron chi connectivity index (χ3n) is 3.05. The molecule has 0 unspecified atom stereocenters. The van der Waals surface area contributed by atoms with Crippen molar-refractivity contribution in [1.82, 2.24) is 15.1 Å². The first-order chi connectivity index (χ1) is 7.59. The van der Waals surface area contributed by atoms with Crippen LogP contribution in [0.2, 0.25) is 0 Å². The lowest BCUT2D eigenvalue weighted by Gasteiger charge is -2.38. The van der Waals surface area contributed by atoms with Crippen LogP contribution in [0.4, 0.5) is 5.13 Å². The van der Waals surface area contributed by atoms with Crippen molar-refractivity contribution >= 4 is 22.4 Å². The van der Waals surface area contributed by atoms with Gasteiger partial charge in [0.25, 0.3) is 5.91 Å². The molecule has 1 saturated heterocycles. The number of nitrogen functional groups attached to an aromatic ring is 1. The van der Waals surface area contributed by atoms with Crippen LogP contribution < -0.4 is 5.73 Å². The Labute approximate surface area is 98.7 Å². The van der Waals surface area contributed by atoms with Gasteiger partial charge in [-0.2, -0.15) is 0 Å². The van der Waals surface area contributed by atoms with E-state index in [1.165, 1.54) is 6.42 Å². The zero-order chi connectivity index (χ0) is 11.7. The molecule has 6 heteroatoms. The number of amides is 1. The van der Waals surface area contributed by atoms with E-state index in [2.05, 4.69) is 24.0 Å². The molecule has 1 aliphatic heterocycles. The smallest absolute Gasteiger partial charge is 0.285 e. The summed E-state index contributed by atoms with van der Waals surface area (Å²) in [6, 6.07) is 0.558. The van der Waals surface area contributed by atoms with Crippen LogP contribution >= 0.6 is 11.3 Å². The van der Waals surface area contributed by atoms with Gasteiger partial charge in [0, 0.05) is 12.1 Å². The zero-order valence-electron chi connectivity index (χ0n) is 9.51. The first kappa shape index (κ1) is 11.3. The van der Waals surface area contributed by atoms with E-state index in [1.807, 2.05) is 4.90 Å². The normalized spacial score (nSPS) is 25.8. The third-order valence-corrected chi connectivity index (χ3v) is 3.79. The fraction of sp³-hybridized carbons (Fsp3) is 0.700. The highest BCUT2D eigenvalue weighted by atomic mass is 32.1. The van der Waals surface area contributed by atoms with Crippen LogP contribution in [0.1, 0.15) is 42.9 Å². The topological polar surface area (TPSA) is 72.1 Å². The quantitative estimate of drug-likeness (QED) is 0.808. The average molecular weight is 240 g/mol. The Morgan fingerprint density at radius 3 is 2.50 bits per heavy atom. The highest BCUT2D eigenvalue weighted by Crippen LogP contribution is 2.25. The van der Waals surface area contributed by atoms with Gasteiger partial charge in [0.15, 0.2) is 0 Å². The second kappa shape index (κ2) is 4.37. The molecule has 0 aromatic carbocycles. The molecule has 1 aromatic heterocycles. The molecule has 2 N–H and O–H groups in total. The Bertz CT molecular complexity index is 382. The van der Waals surface area contributed by atoms with Crippen molar-refractivity contribution in [2.75, 3.05) is 5.73 Å². The standard InChI is InChI=1S/C10H16N4OS/c1-6-4-3-5-7(2)14(6)9(15)8-12-13-10(11)16-8/h6-7H,3-5H2,1-2H3,(H2,11,13)/t6-,7+. The Balaban J connectivity index is 2.19. The molecule has 88 valence electrons. The fourth-order valence-electron chi connectivity index (χ4n) is 2.25. The van der Waals surface area contributed by atoms with E-state index in [0.717, 1.165) is 24.2 Å². The van der Waals surface area contributed by atoms with E-state index in [9.17, 15) is 4.79 Å². The maximum absolute atomic E-state index is 12.2. The maximum Gasteiger partial charge on any atom is 0.285 e. The number of aromatic nitrogens is 2. The van der Waals surface area contributed by atoms with Crippen LogP contribution in [-0.2, 0) is 0 Å². The molecular weight excluding hydrogens is 224 g/mol. The number of rotatable bonds is 1. The molecule has 5 nitrogen and oxygen atoms in total. The van der Waals surface area contributed by atoms with E-state index in [-0.39, 0.29) is 18.0 Å². The molecular formula is C10H16N4OS. The van der Waals surface area contributed by atoms with Gasteiger partial charge in [-0.15, -0.1) is 10.2 Å². The number of carbonyl (C=O) groups excluding carboxylic acids is 1. The molecule has 2 heterocycles. The average Bonchev–Trinajstić information content (AvgIpc) is 2.64. The lowest BCUT2D eigenvalue weighted by atomic mass is 9.97. The summed E-state index contributed by atoms with van der Waals surface area (Å²) in [6.07, 6.45) is 3.30. The molecule has 0 spiro atoms. The van der Waals surface area contributed by atoms with Crippen molar-refractivity contribution in [2.45, 2.75) is 45.2 Å². The summed E-state index contributed by atoms with van der Waals surface area (Å²) in [4.78, 5) is 14.1. The van der Waals surface area contributed by atoms with Crippen molar-refractivity contribution in [2.24, 2.45) is 0 Å². The van der Waals surface area contributed by atoms with Gasteiger partial charge < -0.3 is 10.6 Å². The number of nitrogens with two attached hydrogens (primary N) is 1. The van der Waals surface area contributed by atoms with Gasteiger partial charge in [0.2, 0.25) is 10.1 Å². The molecule has 1 aliphatic rings. The van der Waals surface area contributed by atoms with Crippen molar-refractivity contribution in [3.05, 3.63) is 5.01 Å². The van der Waals surface area contributed by atoms with E-state index >= 15 is 0 Å². The summed E-state index contributed by atoms with van der Waals surface area (Å²) in [5.74, 6) is -0.0334. The molecule has 0 saturated carbocycles. The van der Waals surface area contributed by atoms with E-state index < -0.39 is 0 Å². The first-order valence-electron chi connectivity index (χ1n) is 5.51. The summed E-state index contributed by atoms with van der Waals surface area (Å²) >= 11 is 1.16. The summed E-state index contributed by atoms with van der Waals surface area (Å²) in [5.41, 5.74) is 5.49. The predicted octanol–water partition coefficient (Wildman–Crippen LogP) is 1.52. The largest absolute Gasteiger partial charge is 0.374 e. The van der Waals surface area contributed by atoms with Crippen molar-refractivity contribution < 1.29 is 4.79 Å². The van der Waals surface area contributed by atoms with Crippen molar-refractivity contribution in [3.8, 4) is 0 Å². The lowest BCUT2D eigenvalue weighted by Crippen LogP contribution is -2.47. The van der Waals surface area contributed by atoms with Gasteiger partial charge in [0.1, 0.15) is 0 Å². The van der Waals surface area contributed by atoms with E-state index in [4.69, 9.17) is 5.73 Å². The number of piperidine rings is 1. The molecule has 0 radical (unpaired) electrons. The van der Waals surface area contributed by atoms with E-state index in [0.29, 0.717) is 10.1 Å². The van der Waals surface area contributed by atoms with Crippen LogP contribution in [0.5, 0.6) is 0 Å². The molecule has 0 aliphatic carbocycles. The molecule has 2 atom stereocenters. The number of likely N-dealkylation sites (tertiary alicyclic amines) is 1. The number of hydrogen-bond donors (Lipinski definition) is 1. The van der Waals surface area contributed by atoms with Crippen LogP contribution in [-0.4, -0.2) is 33.1 Å². The fourth-order valence-corrected chi connectivity index (χ4v) is 2.81. The molecule has 1 amide bonds. The Morgan fingerprint density at radius 2 is 2.00 bits per heavy atom. The predicted molar refractivity (Wildman–Crippen MR) is 63.3 cm³/mol. The Hall–Kier alpha value is -1.17. The summed E-state index contributed by atoms with van der Waals surface area (Å²) in [7, 11) is 0. The summed E-state index contributed by atoms with van der Waals surface area (Å²) in [5, 5.41) is 8.24. The SMILES string of the molecule is C[C@@H]1CCC[C@H](C)N1C(=O)c1nnc(N)s1. The first-order valence-corrected chi connectivity index (χ1v) is 6.33. The maximum atomic E-state index is 12.2. The number of carbonyl (C=O) groups is 1. The number of anilines is 1. The summed E-state index contributed by atoms with van der Waals surface area (Å²) < 4.78 is 0. The van der Waals surface area contributed by atoms with Gasteiger partial charge in [-0.05, 0) is 33.1 Å². The highest BCUT2D eigenvalue weighted by molar-refractivity contribution is 7.16. The lowest BCUT2D eigenvalue weighted by molar-refractivity contribution is 0.0509. The third kappa shape index (κ3) is 2.02. The number of hydrogen-bond acceptors (Lipinski definition) is 5. The van der Waals surface area contributed by atoms with Crippen molar-refractivity contribution in [1.29, 1.82) is 0 Å². The highest BCUT2D eigenvalue weighted by Gasteiger charge is 2.31. The van der Waals surface area contributed by atoms with Crippen LogP contribution in [0.25, 0.3) is 0 Å². The second-order valence-electron chi connectivity index (χ2n) is 4.29. The van der Waals surface area contributed by atoms with Gasteiger partial charge in [-0.25, -0.2) is 0 Å². The van der Waals surface area contributed by atoms with Crippen LogP contribution in [0.3, 0.4) is 0 Å². The molecule has 1 aromatic rings. The Morgan fingerprint density at radius 1 is 1.38 bits per heavy atom. The Kier molecular flexibility index (Phi) is 3.09. The molecule has 0 bridgehead atoms. The second-order valence-corrected chi connectivity index (χ2v) is 5.30. The summed E-state index contributed by atoms with van der Waals surface area (Å²) in [6.45, 7) is 4.16. The van der Waals surface area contributed by atoms with Gasteiger partial charge in [-0.1, -0.05) is 11.3 Å². The van der Waals surface area contributed by atoms with Crippen molar-refractivity contribution in [3.63, 3.8) is 0 Å².